The first-order valence-corrected chi connectivity index (χ1v) is 7.91. The zero-order chi connectivity index (χ0) is 18.9. The lowest BCUT2D eigenvalue weighted by molar-refractivity contribution is -0.122. The van der Waals surface area contributed by atoms with Gasteiger partial charge in [0.25, 0.3) is 0 Å². The van der Waals surface area contributed by atoms with Crippen LogP contribution in [0.25, 0.3) is 0 Å². The minimum absolute atomic E-state index is 0.0490. The SMILES string of the molecule is CC(C)(C)OC(=O)N1CC(c2c(F)ccc(F)c2F)CC1C(=O)CN. The summed E-state index contributed by atoms with van der Waals surface area (Å²) in [5.74, 6) is -4.74. The number of carbonyl (C=O) groups excluding carboxylic acids is 2. The van der Waals surface area contributed by atoms with E-state index in [-0.39, 0.29) is 19.5 Å². The molecule has 0 aromatic heterocycles. The van der Waals surface area contributed by atoms with Gasteiger partial charge in [-0.25, -0.2) is 18.0 Å². The van der Waals surface area contributed by atoms with E-state index in [0.717, 1.165) is 11.0 Å². The summed E-state index contributed by atoms with van der Waals surface area (Å²) in [5, 5.41) is 0. The van der Waals surface area contributed by atoms with Crippen molar-refractivity contribution in [2.45, 2.75) is 44.8 Å². The summed E-state index contributed by atoms with van der Waals surface area (Å²) in [6.07, 6.45) is -0.828. The van der Waals surface area contributed by atoms with Crippen molar-refractivity contribution in [3.63, 3.8) is 0 Å². The molecule has 0 radical (unpaired) electrons. The maximum atomic E-state index is 14.1. The molecule has 2 N–H and O–H groups in total. The number of carbonyl (C=O) groups is 2. The lowest BCUT2D eigenvalue weighted by atomic mass is 9.94. The summed E-state index contributed by atoms with van der Waals surface area (Å²) < 4.78 is 46.8. The highest BCUT2D eigenvalue weighted by molar-refractivity contribution is 5.89. The fourth-order valence-corrected chi connectivity index (χ4v) is 2.93. The molecule has 5 nitrogen and oxygen atoms in total. The van der Waals surface area contributed by atoms with Crippen molar-refractivity contribution in [3.8, 4) is 0 Å². The Morgan fingerprint density at radius 1 is 1.24 bits per heavy atom. The predicted molar refractivity (Wildman–Crippen MR) is 84.5 cm³/mol. The third kappa shape index (κ3) is 4.12. The van der Waals surface area contributed by atoms with Gasteiger partial charge in [0.1, 0.15) is 11.4 Å². The Bertz CT molecular complexity index is 688. The molecule has 0 spiro atoms. The Morgan fingerprint density at radius 2 is 1.84 bits per heavy atom. The monoisotopic (exact) mass is 358 g/mol. The van der Waals surface area contributed by atoms with Crippen molar-refractivity contribution in [1.29, 1.82) is 0 Å². The van der Waals surface area contributed by atoms with E-state index < -0.39 is 52.5 Å². The van der Waals surface area contributed by atoms with Crippen LogP contribution < -0.4 is 5.73 Å². The number of benzene rings is 1. The maximum Gasteiger partial charge on any atom is 0.410 e. The fourth-order valence-electron chi connectivity index (χ4n) is 2.93. The van der Waals surface area contributed by atoms with Crippen molar-refractivity contribution in [3.05, 3.63) is 35.1 Å². The first kappa shape index (κ1) is 19.2. The van der Waals surface area contributed by atoms with Crippen molar-refractivity contribution in [1.82, 2.24) is 4.90 Å². The highest BCUT2D eigenvalue weighted by atomic mass is 19.2. The first-order valence-electron chi connectivity index (χ1n) is 7.91. The Kier molecular flexibility index (Phi) is 5.41. The zero-order valence-corrected chi connectivity index (χ0v) is 14.3. The van der Waals surface area contributed by atoms with Gasteiger partial charge in [-0.3, -0.25) is 9.69 Å². The lowest BCUT2D eigenvalue weighted by Crippen LogP contribution is -2.45. The third-order valence-corrected chi connectivity index (χ3v) is 3.99. The average Bonchev–Trinajstić information content (AvgIpc) is 2.94. The minimum atomic E-state index is -1.31. The number of rotatable bonds is 3. The van der Waals surface area contributed by atoms with Crippen molar-refractivity contribution in [2.24, 2.45) is 5.73 Å². The van der Waals surface area contributed by atoms with E-state index in [1.807, 2.05) is 0 Å². The number of hydrogen-bond acceptors (Lipinski definition) is 4. The number of nitrogens with zero attached hydrogens (tertiary/aromatic N) is 1. The molecule has 0 aliphatic carbocycles. The second-order valence-electron chi connectivity index (χ2n) is 7.01. The second-order valence-corrected chi connectivity index (χ2v) is 7.01. The molecule has 0 bridgehead atoms. The predicted octanol–water partition coefficient (Wildman–Crippen LogP) is 2.72. The number of ketones is 1. The highest BCUT2D eigenvalue weighted by Crippen LogP contribution is 2.36. The van der Waals surface area contributed by atoms with Gasteiger partial charge in [-0.1, -0.05) is 0 Å². The van der Waals surface area contributed by atoms with Gasteiger partial charge >= 0.3 is 6.09 Å². The molecule has 1 heterocycles. The van der Waals surface area contributed by atoms with Crippen LogP contribution in [0, 0.1) is 17.5 Å². The number of nitrogens with two attached hydrogens (primary N) is 1. The maximum absolute atomic E-state index is 14.1. The van der Waals surface area contributed by atoms with Crippen LogP contribution in [0.1, 0.15) is 38.7 Å². The molecule has 25 heavy (non-hydrogen) atoms. The Hall–Kier alpha value is -2.09. The summed E-state index contributed by atoms with van der Waals surface area (Å²) in [7, 11) is 0. The number of likely N-dealkylation sites (tertiary alicyclic amines) is 1. The van der Waals surface area contributed by atoms with Gasteiger partial charge in [0.2, 0.25) is 0 Å². The van der Waals surface area contributed by atoms with Crippen LogP contribution in [0.3, 0.4) is 0 Å². The molecule has 138 valence electrons. The van der Waals surface area contributed by atoms with Crippen molar-refractivity contribution >= 4 is 11.9 Å². The molecular weight excluding hydrogens is 337 g/mol. The average molecular weight is 358 g/mol. The molecule has 1 aromatic rings. The van der Waals surface area contributed by atoms with Gasteiger partial charge in [0, 0.05) is 18.0 Å². The largest absolute Gasteiger partial charge is 0.444 e. The number of hydrogen-bond donors (Lipinski definition) is 1. The standard InChI is InChI=1S/C17H21F3N2O3/c1-17(2,3)25-16(24)22-8-9(6-12(22)13(23)7-21)14-10(18)4-5-11(19)15(14)20/h4-5,9,12H,6-8,21H2,1-3H3. The normalized spacial score (nSPS) is 20.7. The smallest absolute Gasteiger partial charge is 0.410 e. The molecular formula is C17H21F3N2O3. The summed E-state index contributed by atoms with van der Waals surface area (Å²) in [6, 6.07) is 0.549. The number of amides is 1. The quantitative estimate of drug-likeness (QED) is 0.844. The molecule has 1 saturated heterocycles. The molecule has 0 saturated carbocycles. The third-order valence-electron chi connectivity index (χ3n) is 3.99. The summed E-state index contributed by atoms with van der Waals surface area (Å²) in [6.45, 7) is 4.48. The zero-order valence-electron chi connectivity index (χ0n) is 14.3. The fraction of sp³-hybridized carbons (Fsp3) is 0.529. The van der Waals surface area contributed by atoms with Gasteiger partial charge in [0.05, 0.1) is 12.6 Å². The van der Waals surface area contributed by atoms with Crippen LogP contribution in [0.5, 0.6) is 0 Å². The number of ether oxygens (including phenoxy) is 1. The van der Waals surface area contributed by atoms with Gasteiger partial charge in [-0.15, -0.1) is 0 Å². The van der Waals surface area contributed by atoms with Crippen LogP contribution in [-0.2, 0) is 9.53 Å². The van der Waals surface area contributed by atoms with Crippen LogP contribution >= 0.6 is 0 Å². The van der Waals surface area contributed by atoms with Gasteiger partial charge in [-0.2, -0.15) is 0 Å². The molecule has 2 rings (SSSR count). The lowest BCUT2D eigenvalue weighted by Gasteiger charge is -2.27. The Balaban J connectivity index is 2.35. The summed E-state index contributed by atoms with van der Waals surface area (Å²) in [5.41, 5.74) is 4.10. The van der Waals surface area contributed by atoms with Crippen molar-refractivity contribution < 1.29 is 27.5 Å². The van der Waals surface area contributed by atoms with E-state index in [0.29, 0.717) is 6.07 Å². The van der Waals surface area contributed by atoms with Gasteiger partial charge in [-0.05, 0) is 39.3 Å². The topological polar surface area (TPSA) is 72.6 Å². The van der Waals surface area contributed by atoms with Crippen LogP contribution in [0.4, 0.5) is 18.0 Å². The molecule has 1 aliphatic heterocycles. The molecule has 1 aromatic carbocycles. The highest BCUT2D eigenvalue weighted by Gasteiger charge is 2.43. The summed E-state index contributed by atoms with van der Waals surface area (Å²) >= 11 is 0. The molecule has 2 atom stereocenters. The van der Waals surface area contributed by atoms with Crippen LogP contribution in [0.2, 0.25) is 0 Å². The van der Waals surface area contributed by atoms with E-state index in [1.54, 1.807) is 20.8 Å². The van der Waals surface area contributed by atoms with Crippen LogP contribution in [0.15, 0.2) is 12.1 Å². The molecule has 1 aliphatic rings. The number of Topliss-reactive ketones (excluding diaryl/α,β-unsaturated/α-hetero) is 1. The molecule has 8 heteroatoms. The van der Waals surface area contributed by atoms with E-state index in [1.165, 1.54) is 0 Å². The Labute approximate surface area is 143 Å². The van der Waals surface area contributed by atoms with E-state index in [4.69, 9.17) is 10.5 Å². The molecule has 1 amide bonds. The van der Waals surface area contributed by atoms with E-state index in [9.17, 15) is 22.8 Å². The second kappa shape index (κ2) is 7.03. The van der Waals surface area contributed by atoms with E-state index in [2.05, 4.69) is 0 Å². The molecule has 2 unspecified atom stereocenters. The van der Waals surface area contributed by atoms with Crippen molar-refractivity contribution in [2.75, 3.05) is 13.1 Å². The molecule has 1 fully saturated rings. The van der Waals surface area contributed by atoms with Gasteiger partial charge in [0.15, 0.2) is 17.4 Å². The van der Waals surface area contributed by atoms with Crippen LogP contribution in [-0.4, -0.2) is 41.5 Å². The Morgan fingerprint density at radius 3 is 2.40 bits per heavy atom. The summed E-state index contributed by atoms with van der Waals surface area (Å²) in [4.78, 5) is 25.5. The first-order chi connectivity index (χ1) is 11.5. The van der Waals surface area contributed by atoms with Gasteiger partial charge < -0.3 is 10.5 Å². The van der Waals surface area contributed by atoms with E-state index >= 15 is 0 Å². The number of halogens is 3. The minimum Gasteiger partial charge on any atom is -0.444 e.